The number of aliphatic hydroxyl groups excluding tert-OH is 1. The van der Waals surface area contributed by atoms with Crippen LogP contribution in [-0.4, -0.2) is 79.5 Å². The van der Waals surface area contributed by atoms with E-state index in [9.17, 15) is 9.90 Å². The minimum Gasteiger partial charge on any atom is -0.491 e. The van der Waals surface area contributed by atoms with E-state index in [1.807, 2.05) is 30.9 Å². The molecule has 0 bridgehead atoms. The van der Waals surface area contributed by atoms with E-state index in [1.165, 1.54) is 0 Å². The average molecular weight is 376 g/mol. The lowest BCUT2D eigenvalue weighted by Gasteiger charge is -2.36. The molecule has 0 aliphatic carbocycles. The molecule has 1 aromatic carbocycles. The maximum Gasteiger partial charge on any atom is 0.225 e. The van der Waals surface area contributed by atoms with E-state index in [2.05, 4.69) is 11.0 Å². The molecule has 0 spiro atoms. The zero-order valence-corrected chi connectivity index (χ0v) is 16.5. The first-order valence-electron chi connectivity index (χ1n) is 10.00. The van der Waals surface area contributed by atoms with Crippen molar-refractivity contribution in [3.05, 3.63) is 29.3 Å². The second kappa shape index (κ2) is 9.53. The normalized spacial score (nSPS) is 20.5. The molecule has 1 atom stereocenters. The van der Waals surface area contributed by atoms with Crippen molar-refractivity contribution in [2.45, 2.75) is 32.8 Å². The number of carbonyl (C=O) groups is 1. The Kier molecular flexibility index (Phi) is 7.10. The first kappa shape index (κ1) is 20.1. The highest BCUT2D eigenvalue weighted by Gasteiger charge is 2.29. The first-order valence-corrected chi connectivity index (χ1v) is 10.00. The van der Waals surface area contributed by atoms with Gasteiger partial charge in [-0.2, -0.15) is 0 Å². The van der Waals surface area contributed by atoms with Crippen LogP contribution in [-0.2, 0) is 9.53 Å². The maximum absolute atomic E-state index is 12.6. The molecule has 6 nitrogen and oxygen atoms in total. The van der Waals surface area contributed by atoms with Gasteiger partial charge < -0.3 is 24.4 Å². The molecule has 2 fully saturated rings. The van der Waals surface area contributed by atoms with E-state index in [0.29, 0.717) is 32.8 Å². The third-order valence-electron chi connectivity index (χ3n) is 5.50. The van der Waals surface area contributed by atoms with Gasteiger partial charge in [0.15, 0.2) is 0 Å². The van der Waals surface area contributed by atoms with Crippen molar-refractivity contribution in [3.8, 4) is 5.75 Å². The first-order chi connectivity index (χ1) is 13.0. The summed E-state index contributed by atoms with van der Waals surface area (Å²) in [7, 11) is 0. The smallest absolute Gasteiger partial charge is 0.225 e. The van der Waals surface area contributed by atoms with Crippen molar-refractivity contribution in [1.82, 2.24) is 9.80 Å². The van der Waals surface area contributed by atoms with Crippen LogP contribution in [0.2, 0.25) is 0 Å². The summed E-state index contributed by atoms with van der Waals surface area (Å²) in [5.74, 6) is 1.23. The molecule has 2 aliphatic rings. The SMILES string of the molecule is Cc1ccc(C)c(OCC(O)CN2CCC(C(=O)N3CCOCC3)CC2)c1. The number of aliphatic hydroxyl groups is 1. The van der Waals surface area contributed by atoms with E-state index in [4.69, 9.17) is 9.47 Å². The lowest BCUT2D eigenvalue weighted by molar-refractivity contribution is -0.141. The Morgan fingerprint density at radius 3 is 2.63 bits per heavy atom. The molecule has 2 heterocycles. The molecular formula is C21H32N2O4. The Morgan fingerprint density at radius 2 is 1.93 bits per heavy atom. The molecule has 0 radical (unpaired) electrons. The van der Waals surface area contributed by atoms with Gasteiger partial charge in [0.2, 0.25) is 5.91 Å². The lowest BCUT2D eigenvalue weighted by atomic mass is 9.95. The largest absolute Gasteiger partial charge is 0.491 e. The van der Waals surface area contributed by atoms with Gasteiger partial charge in [-0.05, 0) is 57.0 Å². The number of morpholine rings is 1. The van der Waals surface area contributed by atoms with Gasteiger partial charge in [-0.25, -0.2) is 0 Å². The molecule has 1 aromatic rings. The molecule has 3 rings (SSSR count). The van der Waals surface area contributed by atoms with Crippen LogP contribution in [0.3, 0.4) is 0 Å². The van der Waals surface area contributed by atoms with Crippen molar-refractivity contribution in [2.75, 3.05) is 52.5 Å². The van der Waals surface area contributed by atoms with Crippen molar-refractivity contribution in [1.29, 1.82) is 0 Å². The number of β-amino-alcohol motifs (C(OH)–C–C–N with tert-alkyl or cyclic N) is 1. The number of nitrogens with zero attached hydrogens (tertiary/aromatic N) is 2. The zero-order valence-electron chi connectivity index (χ0n) is 16.5. The van der Waals surface area contributed by atoms with Crippen LogP contribution < -0.4 is 4.74 Å². The number of amides is 1. The highest BCUT2D eigenvalue weighted by Crippen LogP contribution is 2.22. The van der Waals surface area contributed by atoms with Crippen LogP contribution in [0.5, 0.6) is 5.75 Å². The van der Waals surface area contributed by atoms with Crippen LogP contribution in [0.15, 0.2) is 18.2 Å². The highest BCUT2D eigenvalue weighted by molar-refractivity contribution is 5.79. The van der Waals surface area contributed by atoms with Crippen LogP contribution >= 0.6 is 0 Å². The van der Waals surface area contributed by atoms with Gasteiger partial charge in [-0.1, -0.05) is 12.1 Å². The predicted octanol–water partition coefficient (Wildman–Crippen LogP) is 1.61. The van der Waals surface area contributed by atoms with E-state index < -0.39 is 6.10 Å². The van der Waals surface area contributed by atoms with Crippen molar-refractivity contribution in [3.63, 3.8) is 0 Å². The molecule has 27 heavy (non-hydrogen) atoms. The fraction of sp³-hybridized carbons (Fsp3) is 0.667. The Morgan fingerprint density at radius 1 is 1.22 bits per heavy atom. The van der Waals surface area contributed by atoms with Crippen LogP contribution in [0.25, 0.3) is 0 Å². The van der Waals surface area contributed by atoms with Crippen LogP contribution in [0, 0.1) is 19.8 Å². The molecule has 1 unspecified atom stereocenters. The van der Waals surface area contributed by atoms with Gasteiger partial charge in [0.1, 0.15) is 18.5 Å². The highest BCUT2D eigenvalue weighted by atomic mass is 16.5. The molecular weight excluding hydrogens is 344 g/mol. The van der Waals surface area contributed by atoms with Crippen LogP contribution in [0.4, 0.5) is 0 Å². The summed E-state index contributed by atoms with van der Waals surface area (Å²) in [6.45, 7) is 9.35. The zero-order chi connectivity index (χ0) is 19.2. The minimum absolute atomic E-state index is 0.114. The van der Waals surface area contributed by atoms with E-state index in [1.54, 1.807) is 0 Å². The average Bonchev–Trinajstić information content (AvgIpc) is 2.69. The standard InChI is InChI=1S/C21H32N2O4/c1-16-3-4-17(2)20(13-16)27-15-19(24)14-22-7-5-18(6-8-22)21(25)23-9-11-26-12-10-23/h3-4,13,18-19,24H,5-12,14-15H2,1-2H3. The number of rotatable bonds is 6. The fourth-order valence-electron chi connectivity index (χ4n) is 3.80. The second-order valence-corrected chi connectivity index (χ2v) is 7.75. The number of hydrogen-bond acceptors (Lipinski definition) is 5. The number of ether oxygens (including phenoxy) is 2. The van der Waals surface area contributed by atoms with Gasteiger partial charge in [0.05, 0.1) is 13.2 Å². The molecule has 2 aliphatic heterocycles. The molecule has 0 aromatic heterocycles. The second-order valence-electron chi connectivity index (χ2n) is 7.75. The topological polar surface area (TPSA) is 62.2 Å². The number of hydrogen-bond donors (Lipinski definition) is 1. The van der Waals surface area contributed by atoms with E-state index >= 15 is 0 Å². The monoisotopic (exact) mass is 376 g/mol. The summed E-state index contributed by atoms with van der Waals surface area (Å²) in [4.78, 5) is 16.8. The molecule has 6 heteroatoms. The fourth-order valence-corrected chi connectivity index (χ4v) is 3.80. The van der Waals surface area contributed by atoms with Crippen molar-refractivity contribution < 1.29 is 19.4 Å². The summed E-state index contributed by atoms with van der Waals surface area (Å²) < 4.78 is 11.1. The van der Waals surface area contributed by atoms with E-state index in [0.717, 1.165) is 42.8 Å². The number of carbonyl (C=O) groups excluding carboxylic acids is 1. The summed E-state index contributed by atoms with van der Waals surface area (Å²) in [6, 6.07) is 6.10. The van der Waals surface area contributed by atoms with Crippen LogP contribution in [0.1, 0.15) is 24.0 Å². The molecule has 150 valence electrons. The maximum atomic E-state index is 12.6. The Bertz CT molecular complexity index is 623. The predicted molar refractivity (Wildman–Crippen MR) is 104 cm³/mol. The summed E-state index contributed by atoms with van der Waals surface area (Å²) in [6.07, 6.45) is 1.19. The number of likely N-dealkylation sites (tertiary alicyclic amines) is 1. The Balaban J connectivity index is 1.39. The van der Waals surface area contributed by atoms with Gasteiger partial charge in [-0.15, -0.1) is 0 Å². The molecule has 2 saturated heterocycles. The third kappa shape index (κ3) is 5.67. The molecule has 1 N–H and O–H groups in total. The number of benzene rings is 1. The minimum atomic E-state index is -0.531. The Labute approximate surface area is 162 Å². The quantitative estimate of drug-likeness (QED) is 0.817. The van der Waals surface area contributed by atoms with Crippen molar-refractivity contribution >= 4 is 5.91 Å². The van der Waals surface area contributed by atoms with Crippen molar-refractivity contribution in [2.24, 2.45) is 5.92 Å². The summed E-state index contributed by atoms with van der Waals surface area (Å²) >= 11 is 0. The van der Waals surface area contributed by atoms with Gasteiger partial charge in [0, 0.05) is 25.6 Å². The summed E-state index contributed by atoms with van der Waals surface area (Å²) in [5, 5.41) is 10.3. The molecule has 1 amide bonds. The summed E-state index contributed by atoms with van der Waals surface area (Å²) in [5.41, 5.74) is 2.23. The molecule has 0 saturated carbocycles. The van der Waals surface area contributed by atoms with Gasteiger partial charge >= 0.3 is 0 Å². The number of piperidine rings is 1. The third-order valence-corrected chi connectivity index (χ3v) is 5.50. The Hall–Kier alpha value is -1.63. The van der Waals surface area contributed by atoms with Gasteiger partial charge in [-0.3, -0.25) is 4.79 Å². The van der Waals surface area contributed by atoms with Gasteiger partial charge in [0.25, 0.3) is 0 Å². The van der Waals surface area contributed by atoms with E-state index in [-0.39, 0.29) is 18.4 Å². The lowest BCUT2D eigenvalue weighted by Crippen LogP contribution is -2.48. The number of aryl methyl sites for hydroxylation is 2.